The number of nitrogens with one attached hydrogen (secondary N) is 1. The first kappa shape index (κ1) is 13.9. The molecular formula is C16H24N2O2. The Bertz CT molecular complexity index is 395. The summed E-state index contributed by atoms with van der Waals surface area (Å²) in [6.07, 6.45) is 2.58. The van der Waals surface area contributed by atoms with E-state index in [1.807, 2.05) is 0 Å². The number of hydrogen-bond donors (Lipinski definition) is 1. The molecule has 2 heterocycles. The Labute approximate surface area is 121 Å². The van der Waals surface area contributed by atoms with Crippen molar-refractivity contribution in [2.45, 2.75) is 25.5 Å². The van der Waals surface area contributed by atoms with Gasteiger partial charge in [-0.15, -0.1) is 0 Å². The lowest BCUT2D eigenvalue weighted by atomic mass is 10.2. The van der Waals surface area contributed by atoms with Crippen LogP contribution in [-0.4, -0.2) is 50.4 Å². The minimum Gasteiger partial charge on any atom is -0.491 e. The molecule has 1 N–H and O–H groups in total. The summed E-state index contributed by atoms with van der Waals surface area (Å²) in [6.45, 7) is 7.07. The van der Waals surface area contributed by atoms with Gasteiger partial charge >= 0.3 is 0 Å². The van der Waals surface area contributed by atoms with Crippen molar-refractivity contribution in [3.05, 3.63) is 29.8 Å². The van der Waals surface area contributed by atoms with Crippen molar-refractivity contribution >= 4 is 0 Å². The van der Waals surface area contributed by atoms with Crippen molar-refractivity contribution in [1.29, 1.82) is 0 Å². The zero-order chi connectivity index (χ0) is 13.6. The third-order valence-electron chi connectivity index (χ3n) is 4.00. The molecule has 20 heavy (non-hydrogen) atoms. The van der Waals surface area contributed by atoms with Crippen molar-refractivity contribution in [3.8, 4) is 5.75 Å². The lowest BCUT2D eigenvalue weighted by Gasteiger charge is -2.27. The van der Waals surface area contributed by atoms with E-state index in [0.29, 0.717) is 6.61 Å². The Morgan fingerprint density at radius 1 is 1.20 bits per heavy atom. The van der Waals surface area contributed by atoms with E-state index in [1.165, 1.54) is 5.56 Å². The molecule has 3 rings (SSSR count). The first-order valence-corrected chi connectivity index (χ1v) is 7.66. The van der Waals surface area contributed by atoms with Gasteiger partial charge in [-0.1, -0.05) is 12.1 Å². The molecule has 4 nitrogen and oxygen atoms in total. The van der Waals surface area contributed by atoms with E-state index >= 15 is 0 Å². The van der Waals surface area contributed by atoms with Crippen LogP contribution in [0.15, 0.2) is 24.3 Å². The van der Waals surface area contributed by atoms with Gasteiger partial charge in [0.25, 0.3) is 0 Å². The monoisotopic (exact) mass is 276 g/mol. The quantitative estimate of drug-likeness (QED) is 0.886. The van der Waals surface area contributed by atoms with Crippen LogP contribution in [0.4, 0.5) is 0 Å². The van der Waals surface area contributed by atoms with E-state index < -0.39 is 0 Å². The van der Waals surface area contributed by atoms with Gasteiger partial charge in [0.2, 0.25) is 0 Å². The Morgan fingerprint density at radius 2 is 2.00 bits per heavy atom. The van der Waals surface area contributed by atoms with Gasteiger partial charge < -0.3 is 14.8 Å². The van der Waals surface area contributed by atoms with Gasteiger partial charge in [-0.3, -0.25) is 4.90 Å². The Morgan fingerprint density at radius 3 is 2.70 bits per heavy atom. The molecule has 0 aliphatic carbocycles. The first-order chi connectivity index (χ1) is 9.90. The lowest BCUT2D eigenvalue weighted by Crippen LogP contribution is -2.42. The van der Waals surface area contributed by atoms with E-state index in [0.717, 1.165) is 57.9 Å². The molecule has 2 saturated heterocycles. The molecule has 4 heteroatoms. The lowest BCUT2D eigenvalue weighted by molar-refractivity contribution is 0.0679. The summed E-state index contributed by atoms with van der Waals surface area (Å²) >= 11 is 0. The molecule has 110 valence electrons. The number of rotatable bonds is 5. The maximum Gasteiger partial charge on any atom is 0.119 e. The molecule has 0 saturated carbocycles. The summed E-state index contributed by atoms with van der Waals surface area (Å²) in [5, 5.41) is 3.38. The van der Waals surface area contributed by atoms with Crippen molar-refractivity contribution in [2.75, 3.05) is 39.4 Å². The summed E-state index contributed by atoms with van der Waals surface area (Å²) in [6, 6.07) is 8.50. The molecular weight excluding hydrogens is 252 g/mol. The summed E-state index contributed by atoms with van der Waals surface area (Å²) < 4.78 is 11.3. The number of ether oxygens (including phenoxy) is 2. The summed E-state index contributed by atoms with van der Waals surface area (Å²) in [7, 11) is 0. The van der Waals surface area contributed by atoms with Crippen LogP contribution in [0.1, 0.15) is 18.4 Å². The summed E-state index contributed by atoms with van der Waals surface area (Å²) in [5.74, 6) is 0.949. The highest BCUT2D eigenvalue weighted by Gasteiger charge is 2.16. The number of nitrogens with zero attached hydrogens (tertiary/aromatic N) is 1. The van der Waals surface area contributed by atoms with Gasteiger partial charge in [-0.25, -0.2) is 0 Å². The summed E-state index contributed by atoms with van der Waals surface area (Å²) in [4.78, 5) is 2.48. The Balaban J connectivity index is 1.46. The van der Waals surface area contributed by atoms with Gasteiger partial charge in [0, 0.05) is 39.3 Å². The van der Waals surface area contributed by atoms with Crippen molar-refractivity contribution in [2.24, 2.45) is 0 Å². The number of piperazine rings is 1. The molecule has 2 fully saturated rings. The predicted molar refractivity (Wildman–Crippen MR) is 79.1 cm³/mol. The third-order valence-corrected chi connectivity index (χ3v) is 4.00. The van der Waals surface area contributed by atoms with Crippen LogP contribution in [0.2, 0.25) is 0 Å². The van der Waals surface area contributed by atoms with Crippen LogP contribution in [0.25, 0.3) is 0 Å². The van der Waals surface area contributed by atoms with Crippen LogP contribution in [-0.2, 0) is 11.3 Å². The Hall–Kier alpha value is -1.10. The number of hydrogen-bond acceptors (Lipinski definition) is 4. The van der Waals surface area contributed by atoms with Gasteiger partial charge in [0.1, 0.15) is 12.4 Å². The van der Waals surface area contributed by atoms with Crippen LogP contribution in [0, 0.1) is 0 Å². The molecule has 0 amide bonds. The molecule has 2 aliphatic heterocycles. The van der Waals surface area contributed by atoms with E-state index in [4.69, 9.17) is 9.47 Å². The van der Waals surface area contributed by atoms with Crippen molar-refractivity contribution in [1.82, 2.24) is 10.2 Å². The average Bonchev–Trinajstić information content (AvgIpc) is 3.01. The van der Waals surface area contributed by atoms with E-state index in [-0.39, 0.29) is 6.10 Å². The fourth-order valence-corrected chi connectivity index (χ4v) is 2.78. The zero-order valence-electron chi connectivity index (χ0n) is 12.0. The van der Waals surface area contributed by atoms with E-state index in [2.05, 4.69) is 34.5 Å². The zero-order valence-corrected chi connectivity index (χ0v) is 12.0. The highest BCUT2D eigenvalue weighted by molar-refractivity contribution is 5.27. The fourth-order valence-electron chi connectivity index (χ4n) is 2.78. The molecule has 1 atom stereocenters. The van der Waals surface area contributed by atoms with E-state index in [1.54, 1.807) is 0 Å². The first-order valence-electron chi connectivity index (χ1n) is 7.66. The SMILES string of the molecule is c1cc(OCC2CCCO2)ccc1CN1CCNCC1. The van der Waals surface area contributed by atoms with Gasteiger partial charge in [-0.2, -0.15) is 0 Å². The van der Waals surface area contributed by atoms with E-state index in [9.17, 15) is 0 Å². The smallest absolute Gasteiger partial charge is 0.119 e. The molecule has 1 unspecified atom stereocenters. The largest absolute Gasteiger partial charge is 0.491 e. The van der Waals surface area contributed by atoms with Crippen LogP contribution in [0.5, 0.6) is 5.75 Å². The van der Waals surface area contributed by atoms with Gasteiger partial charge in [0.15, 0.2) is 0 Å². The fraction of sp³-hybridized carbons (Fsp3) is 0.625. The minimum absolute atomic E-state index is 0.288. The highest BCUT2D eigenvalue weighted by Crippen LogP contribution is 2.17. The molecule has 0 spiro atoms. The molecule has 1 aromatic carbocycles. The second-order valence-corrected chi connectivity index (χ2v) is 5.62. The van der Waals surface area contributed by atoms with Gasteiger partial charge in [0.05, 0.1) is 6.10 Å². The minimum atomic E-state index is 0.288. The molecule has 1 aromatic rings. The van der Waals surface area contributed by atoms with Crippen molar-refractivity contribution in [3.63, 3.8) is 0 Å². The van der Waals surface area contributed by atoms with Crippen molar-refractivity contribution < 1.29 is 9.47 Å². The third kappa shape index (κ3) is 3.95. The van der Waals surface area contributed by atoms with Crippen LogP contribution < -0.4 is 10.1 Å². The second-order valence-electron chi connectivity index (χ2n) is 5.62. The van der Waals surface area contributed by atoms with Gasteiger partial charge in [-0.05, 0) is 30.5 Å². The summed E-state index contributed by atoms with van der Waals surface area (Å²) in [5.41, 5.74) is 1.36. The molecule has 0 aromatic heterocycles. The molecule has 0 bridgehead atoms. The number of benzene rings is 1. The maximum atomic E-state index is 5.79. The second kappa shape index (κ2) is 7.07. The molecule has 2 aliphatic rings. The Kier molecular flexibility index (Phi) is 4.90. The topological polar surface area (TPSA) is 33.7 Å². The van der Waals surface area contributed by atoms with Crippen LogP contribution in [0.3, 0.4) is 0 Å². The average molecular weight is 276 g/mol. The highest BCUT2D eigenvalue weighted by atomic mass is 16.5. The maximum absolute atomic E-state index is 5.79. The predicted octanol–water partition coefficient (Wildman–Crippen LogP) is 1.65. The normalized spacial score (nSPS) is 23.9. The standard InChI is InChI=1S/C16H24N2O2/c1-2-16(19-11-1)13-20-15-5-3-14(4-6-15)12-18-9-7-17-8-10-18/h3-6,16-17H,1-2,7-13H2. The molecule has 0 radical (unpaired) electrons. The van der Waals surface area contributed by atoms with Crippen LogP contribution >= 0.6 is 0 Å².